The number of imide groups is 1. The summed E-state index contributed by atoms with van der Waals surface area (Å²) in [5.41, 5.74) is 0.940. The van der Waals surface area contributed by atoms with Crippen molar-refractivity contribution in [3.63, 3.8) is 0 Å². The molecule has 2 rings (SSSR count). The summed E-state index contributed by atoms with van der Waals surface area (Å²) in [5.74, 6) is -0.601. The van der Waals surface area contributed by atoms with Gasteiger partial charge in [0.1, 0.15) is 0 Å². The van der Waals surface area contributed by atoms with Crippen LogP contribution in [0.2, 0.25) is 0 Å². The normalized spacial score (nSPS) is 12.3. The largest absolute Gasteiger partial charge is 1.00 e. The fraction of sp³-hybridized carbons (Fsp3) is 0. The predicted octanol–water partition coefficient (Wildman–Crippen LogP) is -2.32. The molecule has 0 saturated heterocycles. The second-order valence-electron chi connectivity index (χ2n) is 2.33. The minimum atomic E-state index is -0.300. The van der Waals surface area contributed by atoms with E-state index in [1.54, 1.807) is 24.3 Å². The summed E-state index contributed by atoms with van der Waals surface area (Å²) in [4.78, 5) is 21.9. The first-order chi connectivity index (χ1) is 5.29. The van der Waals surface area contributed by atoms with E-state index in [1.807, 2.05) is 0 Å². The molecule has 0 aliphatic carbocycles. The van der Waals surface area contributed by atoms with Crippen LogP contribution in [0, 0.1) is 0 Å². The molecule has 1 radical (unpaired) electrons. The summed E-state index contributed by atoms with van der Waals surface area (Å²) >= 11 is 0. The molecule has 1 N–H and O–H groups in total. The molecule has 0 spiro atoms. The average Bonchev–Trinajstić information content (AvgIpc) is 2.30. The van der Waals surface area contributed by atoms with Gasteiger partial charge in [0.05, 0.1) is 11.1 Å². The molecule has 0 unspecified atom stereocenters. The molecular weight excluding hydrogens is 378 g/mol. The van der Waals surface area contributed by atoms with E-state index in [-0.39, 0.29) is 87.0 Å². The van der Waals surface area contributed by atoms with Crippen molar-refractivity contribution in [2.24, 2.45) is 0 Å². The van der Waals surface area contributed by atoms with E-state index in [0.29, 0.717) is 11.1 Å². The first kappa shape index (κ1) is 13.7. The number of benzene rings is 1. The molecule has 0 bridgehead atoms. The van der Waals surface area contributed by atoms with Crippen LogP contribution in [-0.4, -0.2) is 11.8 Å². The number of carbonyl (C=O) groups is 2. The minimum Gasteiger partial charge on any atom is -1.00 e. The second kappa shape index (κ2) is 5.58. The quantitative estimate of drug-likeness (QED) is 0.404. The van der Waals surface area contributed by atoms with E-state index in [0.717, 1.165) is 0 Å². The Morgan fingerprint density at radius 1 is 1.00 bits per heavy atom. The van der Waals surface area contributed by atoms with Crippen LogP contribution < -0.4 is 56.7 Å². The van der Waals surface area contributed by atoms with Gasteiger partial charge in [-0.25, -0.2) is 0 Å². The van der Waals surface area contributed by atoms with Crippen molar-refractivity contribution in [1.82, 2.24) is 5.32 Å². The number of fused-ring (bicyclic) bond motifs is 1. The smallest absolute Gasteiger partial charge is 1.00 e. The maximum absolute atomic E-state index is 10.9. The van der Waals surface area contributed by atoms with E-state index in [9.17, 15) is 9.59 Å². The van der Waals surface area contributed by atoms with Crippen molar-refractivity contribution < 1.29 is 84.8 Å². The van der Waals surface area contributed by atoms with Crippen LogP contribution in [0.25, 0.3) is 0 Å². The van der Waals surface area contributed by atoms with E-state index >= 15 is 0 Å². The van der Waals surface area contributed by atoms with Gasteiger partial charge in [-0.05, 0) is 12.1 Å². The molecule has 1 heterocycles. The monoisotopic (exact) mass is 384 g/mol. The van der Waals surface area contributed by atoms with Gasteiger partial charge in [0.15, 0.2) is 0 Å². The van der Waals surface area contributed by atoms with E-state index < -0.39 is 0 Å². The van der Waals surface area contributed by atoms with Crippen LogP contribution in [-0.2, 0) is 22.4 Å². The summed E-state index contributed by atoms with van der Waals surface area (Å²) in [6.45, 7) is 0. The van der Waals surface area contributed by atoms with Crippen LogP contribution in [0.1, 0.15) is 22.1 Å². The maximum atomic E-state index is 10.9. The zero-order valence-electron chi connectivity index (χ0n) is 7.93. The van der Waals surface area contributed by atoms with Crippen molar-refractivity contribution in [2.45, 2.75) is 0 Å². The Bertz CT molecular complexity index is 326. The molecule has 5 heteroatoms. The molecular formula is C8H6AuKNO2. The van der Waals surface area contributed by atoms with Crippen LogP contribution in [0.15, 0.2) is 24.3 Å². The topological polar surface area (TPSA) is 46.2 Å². The van der Waals surface area contributed by atoms with Gasteiger partial charge in [-0.3, -0.25) is 14.9 Å². The Hall–Kier alpha value is 0.737. The summed E-state index contributed by atoms with van der Waals surface area (Å²) in [6, 6.07) is 6.74. The summed E-state index contributed by atoms with van der Waals surface area (Å²) < 4.78 is 0. The third-order valence-corrected chi connectivity index (χ3v) is 1.64. The van der Waals surface area contributed by atoms with Crippen molar-refractivity contribution >= 4 is 11.8 Å². The van der Waals surface area contributed by atoms with Gasteiger partial charge in [0.2, 0.25) is 0 Å². The number of amides is 2. The van der Waals surface area contributed by atoms with E-state index in [2.05, 4.69) is 5.32 Å². The molecule has 1 aliphatic heterocycles. The molecule has 3 nitrogen and oxygen atoms in total. The van der Waals surface area contributed by atoms with Crippen molar-refractivity contribution in [3.05, 3.63) is 35.4 Å². The Morgan fingerprint density at radius 3 is 1.77 bits per heavy atom. The molecule has 67 valence electrons. The predicted molar refractivity (Wildman–Crippen MR) is 39.4 cm³/mol. The second-order valence-corrected chi connectivity index (χ2v) is 2.33. The average molecular weight is 384 g/mol. The van der Waals surface area contributed by atoms with Gasteiger partial charge in [-0.2, -0.15) is 0 Å². The third-order valence-electron chi connectivity index (χ3n) is 1.64. The Labute approximate surface area is 135 Å². The van der Waals surface area contributed by atoms with E-state index in [4.69, 9.17) is 0 Å². The summed E-state index contributed by atoms with van der Waals surface area (Å²) in [5, 5.41) is 2.20. The van der Waals surface area contributed by atoms with Gasteiger partial charge in [-0.1, -0.05) is 12.1 Å². The number of nitrogens with one attached hydrogen (secondary N) is 1. The minimum absolute atomic E-state index is 0. The van der Waals surface area contributed by atoms with Crippen LogP contribution in [0.3, 0.4) is 0 Å². The van der Waals surface area contributed by atoms with Crippen LogP contribution in [0.4, 0.5) is 0 Å². The molecule has 1 aromatic rings. The Balaban J connectivity index is 0. The molecule has 0 aromatic heterocycles. The molecule has 0 saturated carbocycles. The van der Waals surface area contributed by atoms with Crippen LogP contribution in [0.5, 0.6) is 0 Å². The third kappa shape index (κ3) is 2.61. The standard InChI is InChI=1S/C8H5NO2.Au.K.H/c10-7-5-3-1-2-4-6(5)8(11)9-7;;;/h1-4H,(H,9,10,11);;;/q;;+1;-1. The molecule has 0 atom stereocenters. The number of rotatable bonds is 0. The first-order valence-corrected chi connectivity index (χ1v) is 3.24. The fourth-order valence-corrected chi connectivity index (χ4v) is 1.12. The number of hydrogen-bond donors (Lipinski definition) is 1. The Morgan fingerprint density at radius 2 is 1.38 bits per heavy atom. The van der Waals surface area contributed by atoms with Gasteiger partial charge in [0.25, 0.3) is 11.8 Å². The molecule has 0 fully saturated rings. The van der Waals surface area contributed by atoms with Gasteiger partial charge in [-0.15, -0.1) is 0 Å². The van der Waals surface area contributed by atoms with Gasteiger partial charge >= 0.3 is 51.4 Å². The Kier molecular flexibility index (Phi) is 5.89. The molecule has 2 amide bonds. The van der Waals surface area contributed by atoms with Crippen molar-refractivity contribution in [3.8, 4) is 0 Å². The summed E-state index contributed by atoms with van der Waals surface area (Å²) in [7, 11) is 0. The SMILES string of the molecule is O=C1NC(=O)c2ccccc21.[Au].[H-].[K+]. The van der Waals surface area contributed by atoms with Crippen molar-refractivity contribution in [2.75, 3.05) is 0 Å². The zero-order valence-corrected chi connectivity index (χ0v) is 12.2. The molecule has 1 aromatic carbocycles. The van der Waals surface area contributed by atoms with Gasteiger partial charge in [0, 0.05) is 22.4 Å². The molecule has 13 heavy (non-hydrogen) atoms. The molecule has 1 aliphatic rings. The van der Waals surface area contributed by atoms with Crippen LogP contribution >= 0.6 is 0 Å². The van der Waals surface area contributed by atoms with E-state index in [1.165, 1.54) is 0 Å². The maximum Gasteiger partial charge on any atom is 1.00 e. The first-order valence-electron chi connectivity index (χ1n) is 3.24. The number of carbonyl (C=O) groups excluding carboxylic acids is 2. The number of hydrogen-bond acceptors (Lipinski definition) is 2. The van der Waals surface area contributed by atoms with Gasteiger partial charge < -0.3 is 1.43 Å². The fourth-order valence-electron chi connectivity index (χ4n) is 1.12. The van der Waals surface area contributed by atoms with Crippen molar-refractivity contribution in [1.29, 1.82) is 0 Å². The zero-order chi connectivity index (χ0) is 7.84. The summed E-state index contributed by atoms with van der Waals surface area (Å²) in [6.07, 6.45) is 0.